The zero-order chi connectivity index (χ0) is 18.7. The summed E-state index contributed by atoms with van der Waals surface area (Å²) in [6.45, 7) is 0.469. The van der Waals surface area contributed by atoms with E-state index in [1.807, 2.05) is 43.3 Å². The Morgan fingerprint density at radius 3 is 2.62 bits per heavy atom. The molecule has 1 aliphatic rings. The Balaban J connectivity index is 1.81. The molecule has 1 N–H and O–H groups in total. The summed E-state index contributed by atoms with van der Waals surface area (Å²) in [5, 5.41) is 0. The van der Waals surface area contributed by atoms with Crippen LogP contribution >= 0.6 is 0 Å². The number of fused-ring (bicyclic) bond motifs is 1. The molecular weight excluding hydrogens is 326 g/mol. The van der Waals surface area contributed by atoms with E-state index < -0.39 is 0 Å². The van der Waals surface area contributed by atoms with E-state index in [0.29, 0.717) is 6.54 Å². The van der Waals surface area contributed by atoms with Gasteiger partial charge < -0.3 is 14.8 Å². The van der Waals surface area contributed by atoms with Crippen LogP contribution in [0.1, 0.15) is 46.4 Å². The van der Waals surface area contributed by atoms with Crippen LogP contribution in [0.25, 0.3) is 0 Å². The SMILES string of the molecule is CN(Cc1cccc(N(C)C)c1)C(=O)c1cc2c([nH]c1=O)CCCCC2. The highest BCUT2D eigenvalue weighted by atomic mass is 16.2. The second kappa shape index (κ2) is 7.77. The molecular formula is C21H27N3O2. The van der Waals surface area contributed by atoms with Gasteiger partial charge in [-0.3, -0.25) is 9.59 Å². The molecule has 0 saturated heterocycles. The molecule has 0 radical (unpaired) electrons. The second-order valence-corrected chi connectivity index (χ2v) is 7.30. The minimum atomic E-state index is -0.274. The Kier molecular flexibility index (Phi) is 5.45. The number of anilines is 1. The van der Waals surface area contributed by atoms with Gasteiger partial charge in [-0.15, -0.1) is 0 Å². The standard InChI is InChI=1S/C21H27N3O2/c1-23(2)17-10-7-8-15(12-17)14-24(3)21(26)18-13-16-9-5-4-6-11-19(16)22-20(18)25/h7-8,10,12-13H,4-6,9,11,14H2,1-3H3,(H,22,25). The molecule has 0 unspecified atom stereocenters. The minimum Gasteiger partial charge on any atom is -0.378 e. The van der Waals surface area contributed by atoms with E-state index in [9.17, 15) is 9.59 Å². The van der Waals surface area contributed by atoms with E-state index in [1.54, 1.807) is 11.9 Å². The number of aromatic nitrogens is 1. The normalized spacial score (nSPS) is 13.7. The van der Waals surface area contributed by atoms with Gasteiger partial charge in [-0.2, -0.15) is 0 Å². The lowest BCUT2D eigenvalue weighted by Crippen LogP contribution is -2.32. The third kappa shape index (κ3) is 3.98. The molecule has 0 atom stereocenters. The first-order chi connectivity index (χ1) is 12.5. The number of hydrogen-bond acceptors (Lipinski definition) is 3. The average Bonchev–Trinajstić information content (AvgIpc) is 2.85. The van der Waals surface area contributed by atoms with E-state index in [4.69, 9.17) is 0 Å². The molecule has 5 nitrogen and oxygen atoms in total. The molecule has 0 aliphatic heterocycles. The van der Waals surface area contributed by atoms with E-state index in [-0.39, 0.29) is 17.0 Å². The highest BCUT2D eigenvalue weighted by Crippen LogP contribution is 2.19. The quantitative estimate of drug-likeness (QED) is 0.860. The van der Waals surface area contributed by atoms with Crippen LogP contribution in [-0.2, 0) is 19.4 Å². The second-order valence-electron chi connectivity index (χ2n) is 7.30. The van der Waals surface area contributed by atoms with Gasteiger partial charge in [-0.25, -0.2) is 0 Å². The van der Waals surface area contributed by atoms with Crippen LogP contribution in [-0.4, -0.2) is 36.9 Å². The number of aryl methyl sites for hydroxylation is 2. The highest BCUT2D eigenvalue weighted by Gasteiger charge is 2.19. The third-order valence-corrected chi connectivity index (χ3v) is 5.01. The number of aromatic amines is 1. The summed E-state index contributed by atoms with van der Waals surface area (Å²) in [5.74, 6) is -0.228. The lowest BCUT2D eigenvalue weighted by Gasteiger charge is -2.19. The summed E-state index contributed by atoms with van der Waals surface area (Å²) in [7, 11) is 5.72. The van der Waals surface area contributed by atoms with Crippen molar-refractivity contribution in [2.75, 3.05) is 26.0 Å². The van der Waals surface area contributed by atoms with Crippen molar-refractivity contribution in [3.8, 4) is 0 Å². The molecule has 1 heterocycles. The van der Waals surface area contributed by atoms with E-state index >= 15 is 0 Å². The molecule has 1 aromatic carbocycles. The number of amides is 1. The van der Waals surface area contributed by atoms with Gasteiger partial charge in [-0.05, 0) is 55.0 Å². The monoisotopic (exact) mass is 353 g/mol. The van der Waals surface area contributed by atoms with E-state index in [0.717, 1.165) is 48.2 Å². The van der Waals surface area contributed by atoms with Gasteiger partial charge in [-0.1, -0.05) is 18.6 Å². The van der Waals surface area contributed by atoms with E-state index in [1.165, 1.54) is 6.42 Å². The zero-order valence-corrected chi connectivity index (χ0v) is 15.8. The number of nitrogens with zero attached hydrogens (tertiary/aromatic N) is 2. The van der Waals surface area contributed by atoms with Gasteiger partial charge in [0.15, 0.2) is 0 Å². The molecule has 1 aliphatic carbocycles. The maximum absolute atomic E-state index is 12.9. The van der Waals surface area contributed by atoms with Crippen molar-refractivity contribution in [1.29, 1.82) is 0 Å². The molecule has 2 aromatic rings. The summed E-state index contributed by atoms with van der Waals surface area (Å²) >= 11 is 0. The van der Waals surface area contributed by atoms with Gasteiger partial charge in [0.25, 0.3) is 11.5 Å². The fraction of sp³-hybridized carbons (Fsp3) is 0.429. The van der Waals surface area contributed by atoms with Crippen LogP contribution < -0.4 is 10.5 Å². The molecule has 1 aromatic heterocycles. The number of pyridine rings is 1. The molecule has 5 heteroatoms. The Labute approximate surface area is 154 Å². The molecule has 0 bridgehead atoms. The van der Waals surface area contributed by atoms with Gasteiger partial charge in [0, 0.05) is 39.1 Å². The van der Waals surface area contributed by atoms with Crippen molar-refractivity contribution < 1.29 is 4.79 Å². The van der Waals surface area contributed by atoms with Crippen LogP contribution in [0.2, 0.25) is 0 Å². The van der Waals surface area contributed by atoms with Crippen molar-refractivity contribution in [2.24, 2.45) is 0 Å². The highest BCUT2D eigenvalue weighted by molar-refractivity contribution is 5.93. The first-order valence-corrected chi connectivity index (χ1v) is 9.22. The molecule has 3 rings (SSSR count). The summed E-state index contributed by atoms with van der Waals surface area (Å²) in [5.41, 5.74) is 4.23. The molecule has 1 amide bonds. The Bertz CT molecular complexity index is 855. The number of carbonyl (C=O) groups is 1. The molecule has 0 fully saturated rings. The summed E-state index contributed by atoms with van der Waals surface area (Å²) in [6, 6.07) is 9.89. The molecule has 138 valence electrons. The van der Waals surface area contributed by atoms with Crippen molar-refractivity contribution in [3.63, 3.8) is 0 Å². The van der Waals surface area contributed by atoms with Crippen LogP contribution in [0, 0.1) is 0 Å². The topological polar surface area (TPSA) is 56.4 Å². The number of H-pyrrole nitrogens is 1. The molecule has 26 heavy (non-hydrogen) atoms. The molecule has 0 saturated carbocycles. The van der Waals surface area contributed by atoms with Crippen LogP contribution in [0.5, 0.6) is 0 Å². The maximum Gasteiger partial charge on any atom is 0.261 e. The average molecular weight is 353 g/mol. The number of nitrogens with one attached hydrogen (secondary N) is 1. The van der Waals surface area contributed by atoms with Gasteiger partial charge in [0.2, 0.25) is 0 Å². The fourth-order valence-electron chi connectivity index (χ4n) is 3.49. The van der Waals surface area contributed by atoms with Crippen molar-refractivity contribution in [2.45, 2.75) is 38.6 Å². The Morgan fingerprint density at radius 1 is 1.08 bits per heavy atom. The first-order valence-electron chi connectivity index (χ1n) is 9.22. The summed E-state index contributed by atoms with van der Waals surface area (Å²) < 4.78 is 0. The van der Waals surface area contributed by atoms with Crippen LogP contribution in [0.15, 0.2) is 35.1 Å². The number of benzene rings is 1. The van der Waals surface area contributed by atoms with Crippen LogP contribution in [0.4, 0.5) is 5.69 Å². The smallest absolute Gasteiger partial charge is 0.261 e. The lowest BCUT2D eigenvalue weighted by atomic mass is 10.1. The fourth-order valence-corrected chi connectivity index (χ4v) is 3.49. The van der Waals surface area contributed by atoms with Crippen molar-refractivity contribution in [1.82, 2.24) is 9.88 Å². The zero-order valence-electron chi connectivity index (χ0n) is 15.8. The van der Waals surface area contributed by atoms with Crippen LogP contribution in [0.3, 0.4) is 0 Å². The summed E-state index contributed by atoms with van der Waals surface area (Å²) in [6.07, 6.45) is 5.20. The number of hydrogen-bond donors (Lipinski definition) is 1. The lowest BCUT2D eigenvalue weighted by molar-refractivity contribution is 0.0783. The Hall–Kier alpha value is -2.56. The van der Waals surface area contributed by atoms with Crippen molar-refractivity contribution in [3.05, 3.63) is 63.1 Å². The van der Waals surface area contributed by atoms with Gasteiger partial charge in [0.1, 0.15) is 5.56 Å². The van der Waals surface area contributed by atoms with E-state index in [2.05, 4.69) is 11.1 Å². The van der Waals surface area contributed by atoms with Gasteiger partial charge >= 0.3 is 0 Å². The number of rotatable bonds is 4. The number of carbonyl (C=O) groups excluding carboxylic acids is 1. The third-order valence-electron chi connectivity index (χ3n) is 5.01. The summed E-state index contributed by atoms with van der Waals surface area (Å²) in [4.78, 5) is 31.9. The first kappa shape index (κ1) is 18.2. The predicted octanol–water partition coefficient (Wildman–Crippen LogP) is 2.98. The Morgan fingerprint density at radius 2 is 1.85 bits per heavy atom. The maximum atomic E-state index is 12.9. The molecule has 0 spiro atoms. The predicted molar refractivity (Wildman–Crippen MR) is 105 cm³/mol. The largest absolute Gasteiger partial charge is 0.378 e. The van der Waals surface area contributed by atoms with Crippen molar-refractivity contribution >= 4 is 11.6 Å². The minimum absolute atomic E-state index is 0.228. The van der Waals surface area contributed by atoms with Gasteiger partial charge in [0.05, 0.1) is 0 Å².